The summed E-state index contributed by atoms with van der Waals surface area (Å²) in [6, 6.07) is 10.5. The number of aliphatic hydroxyl groups excluding tert-OH is 2. The van der Waals surface area contributed by atoms with E-state index < -0.39 is 65.8 Å². The SMILES string of the molecule is CC=C(NC(=O)CCCCCCC)C(=O)NC(=CC)C(=O)NC(C(=O)NC(C(=O)Nc1ccc(C(=O)NC(C(=O)O)C(C)O)cc1)c1ccc(O)cc1)C(O)c1ccc(O)cc1. The van der Waals surface area contributed by atoms with E-state index in [-0.39, 0.29) is 57.6 Å². The van der Waals surface area contributed by atoms with Gasteiger partial charge in [0.1, 0.15) is 41.1 Å². The molecule has 0 spiro atoms. The van der Waals surface area contributed by atoms with Gasteiger partial charge in [0.15, 0.2) is 6.04 Å². The van der Waals surface area contributed by atoms with Crippen LogP contribution in [-0.2, 0) is 28.8 Å². The summed E-state index contributed by atoms with van der Waals surface area (Å²) in [5.74, 6) is -6.78. The second kappa shape index (κ2) is 24.3. The fraction of sp³-hybridized carbons (Fsp3) is 0.341. The zero-order valence-corrected chi connectivity index (χ0v) is 34.8. The number of phenols is 2. The molecular weight excluding hydrogens is 805 g/mol. The highest BCUT2D eigenvalue weighted by atomic mass is 16.4. The minimum absolute atomic E-state index is 0.00312. The van der Waals surface area contributed by atoms with Gasteiger partial charge < -0.3 is 57.4 Å². The lowest BCUT2D eigenvalue weighted by molar-refractivity contribution is -0.141. The van der Waals surface area contributed by atoms with Crippen LogP contribution in [0.1, 0.15) is 99.9 Å². The summed E-state index contributed by atoms with van der Waals surface area (Å²) in [6.45, 7) is 6.23. The van der Waals surface area contributed by atoms with E-state index >= 15 is 0 Å². The first-order chi connectivity index (χ1) is 29.5. The molecule has 18 heteroatoms. The van der Waals surface area contributed by atoms with Crippen molar-refractivity contribution in [1.29, 1.82) is 0 Å². The Labute approximate surface area is 358 Å². The summed E-state index contributed by atoms with van der Waals surface area (Å²) in [4.78, 5) is 91.7. The maximum Gasteiger partial charge on any atom is 0.328 e. The number of carbonyl (C=O) groups excluding carboxylic acids is 6. The van der Waals surface area contributed by atoms with Crippen molar-refractivity contribution in [2.24, 2.45) is 0 Å². The van der Waals surface area contributed by atoms with Gasteiger partial charge in [0.05, 0.1) is 6.10 Å². The number of hydrogen-bond donors (Lipinski definition) is 11. The molecule has 0 aliphatic rings. The second-order valence-electron chi connectivity index (χ2n) is 14.2. The molecular formula is C44H54N6O12. The molecule has 0 bridgehead atoms. The summed E-state index contributed by atoms with van der Waals surface area (Å²) < 4.78 is 0. The maximum absolute atomic E-state index is 14.2. The van der Waals surface area contributed by atoms with Gasteiger partial charge in [-0.15, -0.1) is 0 Å². The number of benzene rings is 3. The van der Waals surface area contributed by atoms with Gasteiger partial charge in [-0.1, -0.05) is 69.0 Å². The number of aliphatic carboxylic acids is 1. The zero-order chi connectivity index (χ0) is 45.9. The number of amides is 6. The molecule has 11 N–H and O–H groups in total. The molecule has 3 aromatic carbocycles. The van der Waals surface area contributed by atoms with Crippen LogP contribution in [0.2, 0.25) is 0 Å². The highest BCUT2D eigenvalue weighted by Crippen LogP contribution is 2.24. The summed E-state index contributed by atoms with van der Waals surface area (Å²) in [6.07, 6.45) is 4.15. The van der Waals surface area contributed by atoms with Gasteiger partial charge in [0.25, 0.3) is 23.6 Å². The van der Waals surface area contributed by atoms with Crippen LogP contribution in [0.15, 0.2) is 96.3 Å². The summed E-state index contributed by atoms with van der Waals surface area (Å²) in [5.41, 5.74) is -0.139. The number of anilines is 1. The predicted molar refractivity (Wildman–Crippen MR) is 227 cm³/mol. The molecule has 0 aromatic heterocycles. The van der Waals surface area contributed by atoms with Gasteiger partial charge in [-0.3, -0.25) is 28.8 Å². The minimum Gasteiger partial charge on any atom is -0.508 e. The molecule has 6 amide bonds. The topological polar surface area (TPSA) is 293 Å². The molecule has 62 heavy (non-hydrogen) atoms. The third kappa shape index (κ3) is 14.9. The number of rotatable bonds is 22. The lowest BCUT2D eigenvalue weighted by Crippen LogP contribution is -2.53. The first kappa shape index (κ1) is 49.3. The lowest BCUT2D eigenvalue weighted by atomic mass is 9.99. The highest BCUT2D eigenvalue weighted by molar-refractivity contribution is 6.05. The van der Waals surface area contributed by atoms with Gasteiger partial charge in [-0.05, 0) is 86.8 Å². The van der Waals surface area contributed by atoms with E-state index in [1.807, 2.05) is 0 Å². The number of allylic oxidation sites excluding steroid dienone is 2. The number of aliphatic hydroxyl groups is 2. The van der Waals surface area contributed by atoms with Crippen molar-refractivity contribution in [2.45, 2.75) is 96.6 Å². The van der Waals surface area contributed by atoms with Crippen molar-refractivity contribution < 1.29 is 59.1 Å². The first-order valence-corrected chi connectivity index (χ1v) is 19.9. The van der Waals surface area contributed by atoms with Crippen LogP contribution in [0.5, 0.6) is 11.5 Å². The quantitative estimate of drug-likeness (QED) is 0.0514. The molecule has 0 radical (unpaired) electrons. The monoisotopic (exact) mass is 858 g/mol. The Morgan fingerprint density at radius 3 is 1.71 bits per heavy atom. The Balaban J connectivity index is 1.87. The van der Waals surface area contributed by atoms with E-state index in [2.05, 4.69) is 38.8 Å². The van der Waals surface area contributed by atoms with Crippen molar-refractivity contribution in [3.05, 3.63) is 113 Å². The van der Waals surface area contributed by atoms with Crippen LogP contribution >= 0.6 is 0 Å². The number of nitrogens with one attached hydrogen (secondary N) is 6. The molecule has 5 atom stereocenters. The molecule has 0 saturated carbocycles. The van der Waals surface area contributed by atoms with E-state index in [1.165, 1.54) is 106 Å². The number of carbonyl (C=O) groups is 7. The number of aromatic hydroxyl groups is 2. The molecule has 0 aliphatic heterocycles. The molecule has 0 aliphatic carbocycles. The van der Waals surface area contributed by atoms with Crippen LogP contribution in [0.4, 0.5) is 5.69 Å². The van der Waals surface area contributed by atoms with Crippen LogP contribution in [-0.4, -0.2) is 85.1 Å². The average Bonchev–Trinajstić information content (AvgIpc) is 3.24. The Kier molecular flexibility index (Phi) is 19.3. The summed E-state index contributed by atoms with van der Waals surface area (Å²) >= 11 is 0. The van der Waals surface area contributed by atoms with Crippen molar-refractivity contribution in [3.63, 3.8) is 0 Å². The molecule has 5 unspecified atom stereocenters. The lowest BCUT2D eigenvalue weighted by Gasteiger charge is -2.27. The van der Waals surface area contributed by atoms with Gasteiger partial charge in [-0.2, -0.15) is 0 Å². The summed E-state index contributed by atoms with van der Waals surface area (Å²) in [5, 5.41) is 65.0. The Hall–Kier alpha value is -7.05. The van der Waals surface area contributed by atoms with E-state index in [0.29, 0.717) is 6.42 Å². The van der Waals surface area contributed by atoms with Crippen LogP contribution in [0.25, 0.3) is 0 Å². The van der Waals surface area contributed by atoms with Crippen LogP contribution < -0.4 is 31.9 Å². The van der Waals surface area contributed by atoms with Crippen molar-refractivity contribution in [1.82, 2.24) is 26.6 Å². The third-order valence-electron chi connectivity index (χ3n) is 9.44. The summed E-state index contributed by atoms with van der Waals surface area (Å²) in [7, 11) is 0. The maximum atomic E-state index is 14.2. The average molecular weight is 859 g/mol. The van der Waals surface area contributed by atoms with Crippen molar-refractivity contribution in [3.8, 4) is 11.5 Å². The Morgan fingerprint density at radius 2 is 1.18 bits per heavy atom. The van der Waals surface area contributed by atoms with E-state index in [4.69, 9.17) is 0 Å². The minimum atomic E-state index is -1.85. The number of hydrogen-bond acceptors (Lipinski definition) is 11. The highest BCUT2D eigenvalue weighted by Gasteiger charge is 2.35. The fourth-order valence-electron chi connectivity index (χ4n) is 5.91. The Bertz CT molecular complexity index is 2100. The molecule has 332 valence electrons. The number of phenolic OH excluding ortho intramolecular Hbond substituents is 2. The fourth-order valence-corrected chi connectivity index (χ4v) is 5.91. The second-order valence-corrected chi connectivity index (χ2v) is 14.2. The van der Waals surface area contributed by atoms with Gasteiger partial charge >= 0.3 is 5.97 Å². The normalized spacial score (nSPS) is 13.9. The van der Waals surface area contributed by atoms with Gasteiger partial charge in [0.2, 0.25) is 11.8 Å². The molecule has 0 heterocycles. The van der Waals surface area contributed by atoms with Crippen LogP contribution in [0, 0.1) is 0 Å². The molecule has 3 rings (SSSR count). The molecule has 0 saturated heterocycles. The number of carboxylic acids is 1. The smallest absolute Gasteiger partial charge is 0.328 e. The van der Waals surface area contributed by atoms with Gasteiger partial charge in [-0.25, -0.2) is 4.79 Å². The predicted octanol–water partition coefficient (Wildman–Crippen LogP) is 3.08. The van der Waals surface area contributed by atoms with Gasteiger partial charge in [0, 0.05) is 17.7 Å². The third-order valence-corrected chi connectivity index (χ3v) is 9.44. The van der Waals surface area contributed by atoms with E-state index in [1.54, 1.807) is 0 Å². The molecule has 0 fully saturated rings. The van der Waals surface area contributed by atoms with Crippen molar-refractivity contribution >= 4 is 47.1 Å². The number of unbranched alkanes of at least 4 members (excludes halogenated alkanes) is 4. The standard InChI is InChI=1S/C44H54N6O12/c1-5-8-9-10-11-12-34(54)46-32(6-2)40(57)47-33(7-3)41(58)50-37(38(55)27-17-23-31(53)24-18-27)43(60)49-36(26-15-21-30(52)22-16-26)42(59)45-29-19-13-28(14-20-29)39(56)48-35(25(4)51)44(61)62/h6-7,13-25,35-38,51-53,55H,5,8-12H2,1-4H3,(H,45,59)(H,46,54)(H,47,57)(H,48,56)(H,49,60)(H,50,58)(H,61,62). The first-order valence-electron chi connectivity index (χ1n) is 19.9. The molecule has 18 nitrogen and oxygen atoms in total. The van der Waals surface area contributed by atoms with E-state index in [9.17, 15) is 59.1 Å². The molecule has 3 aromatic rings. The number of carboxylic acid groups (broad SMARTS) is 1. The largest absolute Gasteiger partial charge is 0.508 e. The zero-order valence-electron chi connectivity index (χ0n) is 34.8. The van der Waals surface area contributed by atoms with Crippen LogP contribution in [0.3, 0.4) is 0 Å². The Morgan fingerprint density at radius 1 is 0.629 bits per heavy atom. The van der Waals surface area contributed by atoms with Crippen molar-refractivity contribution in [2.75, 3.05) is 5.32 Å². The van der Waals surface area contributed by atoms with E-state index in [0.717, 1.165) is 25.7 Å².